The minimum atomic E-state index is -1.01. The second kappa shape index (κ2) is 5.69. The van der Waals surface area contributed by atoms with Gasteiger partial charge >= 0.3 is 11.9 Å². The maximum Gasteiger partial charge on any atom is 0.351 e. The van der Waals surface area contributed by atoms with Crippen molar-refractivity contribution in [3.05, 3.63) is 23.4 Å². The van der Waals surface area contributed by atoms with Gasteiger partial charge in [0, 0.05) is 12.8 Å². The molecule has 0 radical (unpaired) electrons. The number of carbonyl (C=O) groups is 2. The molecule has 1 aliphatic heterocycles. The van der Waals surface area contributed by atoms with Gasteiger partial charge in [0.15, 0.2) is 0 Å². The van der Waals surface area contributed by atoms with Crippen molar-refractivity contribution in [1.29, 1.82) is 0 Å². The number of rotatable bonds is 4. The second-order valence-corrected chi connectivity index (χ2v) is 3.17. The van der Waals surface area contributed by atoms with E-state index in [9.17, 15) is 9.59 Å². The minimum Gasteiger partial charge on any atom is -0.480 e. The fourth-order valence-electron chi connectivity index (χ4n) is 1.20. The molecule has 0 saturated heterocycles. The standard InChI is InChI=1S/C10H12N2O4/c13-9(14)6-11-3-1-7-2-4-12-8(5-7)10(15)16/h1,3,5,12H,2,4,6H2,(H,13,14)(H,15,16). The zero-order chi connectivity index (χ0) is 12.0. The molecule has 16 heavy (non-hydrogen) atoms. The quantitative estimate of drug-likeness (QED) is 0.585. The normalized spacial score (nSPS) is 18.2. The van der Waals surface area contributed by atoms with Crippen LogP contribution < -0.4 is 5.32 Å². The lowest BCUT2D eigenvalue weighted by molar-refractivity contribution is -0.135. The largest absolute Gasteiger partial charge is 0.480 e. The molecule has 6 nitrogen and oxygen atoms in total. The molecule has 0 spiro atoms. The molecular weight excluding hydrogens is 212 g/mol. The molecule has 0 aromatic rings. The van der Waals surface area contributed by atoms with Gasteiger partial charge < -0.3 is 15.5 Å². The average Bonchev–Trinajstić information content (AvgIpc) is 2.24. The summed E-state index contributed by atoms with van der Waals surface area (Å²) in [7, 11) is 0. The molecule has 0 aliphatic carbocycles. The van der Waals surface area contributed by atoms with Crippen molar-refractivity contribution in [3.63, 3.8) is 0 Å². The zero-order valence-corrected chi connectivity index (χ0v) is 8.51. The first-order valence-corrected chi connectivity index (χ1v) is 4.69. The van der Waals surface area contributed by atoms with E-state index in [0.717, 1.165) is 5.57 Å². The maximum absolute atomic E-state index is 10.6. The highest BCUT2D eigenvalue weighted by Gasteiger charge is 2.11. The number of nitrogens with one attached hydrogen (secondary N) is 1. The van der Waals surface area contributed by atoms with E-state index in [4.69, 9.17) is 10.2 Å². The summed E-state index contributed by atoms with van der Waals surface area (Å²) in [5.74, 6) is -2.00. The molecule has 0 aromatic carbocycles. The first kappa shape index (κ1) is 12.0. The predicted octanol–water partition coefficient (Wildman–Crippen LogP) is 0.0300. The molecule has 0 bridgehead atoms. The third kappa shape index (κ3) is 3.95. The molecule has 0 saturated carbocycles. The van der Waals surface area contributed by atoms with Crippen molar-refractivity contribution < 1.29 is 19.8 Å². The number of carboxylic acids is 2. The van der Waals surface area contributed by atoms with E-state index in [1.807, 2.05) is 0 Å². The highest BCUT2D eigenvalue weighted by atomic mass is 16.4. The third-order valence-corrected chi connectivity index (χ3v) is 1.91. The van der Waals surface area contributed by atoms with Crippen LogP contribution >= 0.6 is 0 Å². The molecular formula is C10H12N2O4. The molecule has 1 heterocycles. The van der Waals surface area contributed by atoms with E-state index in [1.54, 1.807) is 6.08 Å². The van der Waals surface area contributed by atoms with E-state index in [0.29, 0.717) is 13.0 Å². The summed E-state index contributed by atoms with van der Waals surface area (Å²) >= 11 is 0. The van der Waals surface area contributed by atoms with Gasteiger partial charge in [-0.15, -0.1) is 0 Å². The summed E-state index contributed by atoms with van der Waals surface area (Å²) in [4.78, 5) is 24.4. The lowest BCUT2D eigenvalue weighted by Crippen LogP contribution is -2.25. The van der Waals surface area contributed by atoms with Crippen molar-refractivity contribution >= 4 is 18.2 Å². The van der Waals surface area contributed by atoms with Crippen LogP contribution in [-0.4, -0.2) is 41.5 Å². The molecule has 3 N–H and O–H groups in total. The highest BCUT2D eigenvalue weighted by Crippen LogP contribution is 2.10. The summed E-state index contributed by atoms with van der Waals surface area (Å²) in [6.45, 7) is 0.272. The number of nitrogens with zero attached hydrogens (tertiary/aromatic N) is 1. The Bertz CT molecular complexity index is 382. The van der Waals surface area contributed by atoms with Crippen LogP contribution in [0.4, 0.5) is 0 Å². The van der Waals surface area contributed by atoms with E-state index in [2.05, 4.69) is 10.3 Å². The number of hydrogen-bond donors (Lipinski definition) is 3. The molecule has 1 rings (SSSR count). The molecule has 6 heteroatoms. The molecule has 0 unspecified atom stereocenters. The van der Waals surface area contributed by atoms with E-state index < -0.39 is 11.9 Å². The van der Waals surface area contributed by atoms with Gasteiger partial charge in [-0.1, -0.05) is 0 Å². The fourth-order valence-corrected chi connectivity index (χ4v) is 1.20. The molecule has 0 atom stereocenters. The summed E-state index contributed by atoms with van der Waals surface area (Å²) in [6.07, 6.45) is 5.20. The van der Waals surface area contributed by atoms with Crippen LogP contribution in [0.3, 0.4) is 0 Å². The molecule has 0 fully saturated rings. The van der Waals surface area contributed by atoms with Crippen LogP contribution in [-0.2, 0) is 9.59 Å². The molecule has 0 aromatic heterocycles. The van der Waals surface area contributed by atoms with Gasteiger partial charge in [-0.3, -0.25) is 9.79 Å². The van der Waals surface area contributed by atoms with Crippen LogP contribution in [0.1, 0.15) is 6.42 Å². The monoisotopic (exact) mass is 224 g/mol. The van der Waals surface area contributed by atoms with Gasteiger partial charge in [-0.05, 0) is 24.1 Å². The average molecular weight is 224 g/mol. The Kier molecular flexibility index (Phi) is 4.26. The number of hydrogen-bond acceptors (Lipinski definition) is 4. The van der Waals surface area contributed by atoms with Crippen LogP contribution in [0.5, 0.6) is 0 Å². The Labute approximate surface area is 92.0 Å². The molecule has 0 amide bonds. The van der Waals surface area contributed by atoms with Crippen molar-refractivity contribution in [2.24, 2.45) is 4.99 Å². The summed E-state index contributed by atoms with van der Waals surface area (Å²) in [6, 6.07) is 0. The predicted molar refractivity (Wildman–Crippen MR) is 57.4 cm³/mol. The van der Waals surface area contributed by atoms with Crippen molar-refractivity contribution in [1.82, 2.24) is 5.32 Å². The lowest BCUT2D eigenvalue weighted by Gasteiger charge is -2.13. The van der Waals surface area contributed by atoms with Gasteiger partial charge in [0.1, 0.15) is 12.2 Å². The summed E-state index contributed by atoms with van der Waals surface area (Å²) in [5.41, 5.74) is 0.953. The van der Waals surface area contributed by atoms with Crippen LogP contribution in [0.25, 0.3) is 0 Å². The molecule has 86 valence electrons. The minimum absolute atomic E-state index is 0.143. The van der Waals surface area contributed by atoms with Crippen molar-refractivity contribution in [2.45, 2.75) is 6.42 Å². The fraction of sp³-hybridized carbons (Fsp3) is 0.300. The zero-order valence-electron chi connectivity index (χ0n) is 8.51. The van der Waals surface area contributed by atoms with Gasteiger partial charge in [-0.2, -0.15) is 0 Å². The number of aliphatic imine (C=N–C) groups is 1. The van der Waals surface area contributed by atoms with Crippen LogP contribution in [0.15, 0.2) is 28.4 Å². The van der Waals surface area contributed by atoms with Crippen LogP contribution in [0, 0.1) is 0 Å². The topological polar surface area (TPSA) is 99.0 Å². The Morgan fingerprint density at radius 2 is 2.25 bits per heavy atom. The van der Waals surface area contributed by atoms with E-state index in [1.165, 1.54) is 12.3 Å². The Balaban J connectivity index is 2.62. The van der Waals surface area contributed by atoms with Crippen molar-refractivity contribution in [3.8, 4) is 0 Å². The smallest absolute Gasteiger partial charge is 0.351 e. The Morgan fingerprint density at radius 3 is 2.88 bits per heavy atom. The maximum atomic E-state index is 10.6. The highest BCUT2D eigenvalue weighted by molar-refractivity contribution is 5.87. The first-order chi connectivity index (χ1) is 7.59. The van der Waals surface area contributed by atoms with E-state index >= 15 is 0 Å². The van der Waals surface area contributed by atoms with E-state index in [-0.39, 0.29) is 12.2 Å². The van der Waals surface area contributed by atoms with Gasteiger partial charge in [0.25, 0.3) is 0 Å². The van der Waals surface area contributed by atoms with Gasteiger partial charge in [-0.25, -0.2) is 4.79 Å². The van der Waals surface area contributed by atoms with Gasteiger partial charge in [0.2, 0.25) is 0 Å². The lowest BCUT2D eigenvalue weighted by atomic mass is 10.1. The summed E-state index contributed by atoms with van der Waals surface area (Å²) in [5, 5.41) is 19.8. The van der Waals surface area contributed by atoms with Crippen molar-refractivity contribution in [2.75, 3.05) is 13.1 Å². The first-order valence-electron chi connectivity index (χ1n) is 4.69. The van der Waals surface area contributed by atoms with Crippen LogP contribution in [0.2, 0.25) is 0 Å². The Hall–Kier alpha value is -2.11. The third-order valence-electron chi connectivity index (χ3n) is 1.91. The van der Waals surface area contributed by atoms with Gasteiger partial charge in [0.05, 0.1) is 0 Å². The number of allylic oxidation sites excluding steroid dienone is 2. The Morgan fingerprint density at radius 1 is 1.50 bits per heavy atom. The summed E-state index contributed by atoms with van der Waals surface area (Å²) < 4.78 is 0. The molecule has 1 aliphatic rings. The second-order valence-electron chi connectivity index (χ2n) is 3.17. The SMILES string of the molecule is O=C(O)CN=CC=C1C=C(C(=O)O)NCC1. The number of carboxylic acid groups (broad SMARTS) is 2. The number of aliphatic carboxylic acids is 2.